The topological polar surface area (TPSA) is 146 Å². The van der Waals surface area contributed by atoms with E-state index >= 15 is 0 Å². The Balaban J connectivity index is 1.25. The Morgan fingerprint density at radius 2 is 2.12 bits per heavy atom. The van der Waals surface area contributed by atoms with Crippen molar-refractivity contribution >= 4 is 42.7 Å². The summed E-state index contributed by atoms with van der Waals surface area (Å²) in [6.07, 6.45) is 3.16. The SMILES string of the molecule is Nc1nc2c(ncn2C2CCC(COP(NCC=O)Oc3cccc4ccccc34)O2)c(=O)[nH]1. The molecule has 1 fully saturated rings. The van der Waals surface area contributed by atoms with Gasteiger partial charge in [0.25, 0.3) is 5.56 Å². The molecule has 2 aromatic heterocycles. The van der Waals surface area contributed by atoms with Crippen LogP contribution in [0.4, 0.5) is 5.95 Å². The second-order valence-corrected chi connectivity index (χ2v) is 8.99. The molecule has 5 rings (SSSR count). The number of aromatic nitrogens is 4. The summed E-state index contributed by atoms with van der Waals surface area (Å²) in [4.78, 5) is 33.7. The highest BCUT2D eigenvalue weighted by molar-refractivity contribution is 7.45. The van der Waals surface area contributed by atoms with E-state index in [0.717, 1.165) is 23.5 Å². The average molecular weight is 482 g/mol. The Morgan fingerprint density at radius 1 is 1.26 bits per heavy atom. The van der Waals surface area contributed by atoms with Crippen LogP contribution in [0.25, 0.3) is 21.9 Å². The van der Waals surface area contributed by atoms with Crippen molar-refractivity contribution in [1.82, 2.24) is 24.6 Å². The van der Waals surface area contributed by atoms with Crippen molar-refractivity contribution < 1.29 is 18.6 Å². The Kier molecular flexibility index (Phi) is 6.50. The fraction of sp³-hybridized carbons (Fsp3) is 0.273. The first kappa shape index (κ1) is 22.4. The minimum atomic E-state index is -1.58. The van der Waals surface area contributed by atoms with E-state index in [1.165, 1.54) is 6.33 Å². The van der Waals surface area contributed by atoms with Gasteiger partial charge in [0.15, 0.2) is 11.2 Å². The maximum absolute atomic E-state index is 12.0. The zero-order chi connectivity index (χ0) is 23.5. The number of H-pyrrole nitrogens is 1. The number of carbonyl (C=O) groups excluding carboxylic acids is 1. The fourth-order valence-electron chi connectivity index (χ4n) is 3.90. The second kappa shape index (κ2) is 9.86. The minimum Gasteiger partial charge on any atom is -0.435 e. The molecule has 0 amide bonds. The lowest BCUT2D eigenvalue weighted by molar-refractivity contribution is -0.106. The summed E-state index contributed by atoms with van der Waals surface area (Å²) in [6, 6.07) is 13.7. The van der Waals surface area contributed by atoms with Crippen LogP contribution in [0.2, 0.25) is 0 Å². The minimum absolute atomic E-state index is 0.0228. The number of benzene rings is 2. The number of nitrogens with two attached hydrogens (primary N) is 1. The number of aromatic amines is 1. The zero-order valence-electron chi connectivity index (χ0n) is 18.1. The Morgan fingerprint density at radius 3 is 3.00 bits per heavy atom. The maximum atomic E-state index is 12.0. The lowest BCUT2D eigenvalue weighted by Crippen LogP contribution is -2.20. The summed E-state index contributed by atoms with van der Waals surface area (Å²) in [5.74, 6) is 0.696. The first-order chi connectivity index (χ1) is 16.6. The third-order valence-electron chi connectivity index (χ3n) is 5.46. The molecule has 1 aliphatic heterocycles. The number of carbonyl (C=O) groups is 1. The predicted octanol–water partition coefficient (Wildman–Crippen LogP) is 2.64. The number of nitrogens with zero attached hydrogens (tertiary/aromatic N) is 3. The number of rotatable bonds is 9. The summed E-state index contributed by atoms with van der Waals surface area (Å²) in [5, 5.41) is 5.01. The van der Waals surface area contributed by atoms with E-state index in [9.17, 15) is 9.59 Å². The molecule has 3 heterocycles. The van der Waals surface area contributed by atoms with E-state index in [1.807, 2.05) is 42.5 Å². The van der Waals surface area contributed by atoms with E-state index in [2.05, 4.69) is 20.0 Å². The van der Waals surface area contributed by atoms with Crippen molar-refractivity contribution in [1.29, 1.82) is 0 Å². The number of hydrogen-bond acceptors (Lipinski definition) is 9. The van der Waals surface area contributed by atoms with Crippen LogP contribution in [-0.2, 0) is 14.1 Å². The molecule has 0 spiro atoms. The van der Waals surface area contributed by atoms with Gasteiger partial charge in [-0.15, -0.1) is 0 Å². The number of hydrogen-bond donors (Lipinski definition) is 3. The fourth-order valence-corrected chi connectivity index (χ4v) is 4.97. The summed E-state index contributed by atoms with van der Waals surface area (Å²) in [7, 11) is -1.58. The molecular weight excluding hydrogens is 459 g/mol. The lowest BCUT2D eigenvalue weighted by atomic mass is 10.1. The third-order valence-corrected chi connectivity index (χ3v) is 6.65. The first-order valence-electron chi connectivity index (χ1n) is 10.8. The molecule has 0 radical (unpaired) electrons. The normalized spacial score (nSPS) is 18.9. The molecule has 12 heteroatoms. The highest BCUT2D eigenvalue weighted by Crippen LogP contribution is 2.40. The van der Waals surface area contributed by atoms with Gasteiger partial charge in [-0.2, -0.15) is 4.98 Å². The molecule has 34 heavy (non-hydrogen) atoms. The van der Waals surface area contributed by atoms with E-state index in [-0.39, 0.29) is 36.9 Å². The van der Waals surface area contributed by atoms with Gasteiger partial charge in [0.05, 0.1) is 25.6 Å². The third kappa shape index (κ3) is 4.64. The zero-order valence-corrected chi connectivity index (χ0v) is 19.0. The molecule has 1 saturated heterocycles. The smallest absolute Gasteiger partial charge is 0.318 e. The standard InChI is InChI=1S/C22H23N6O5P/c23-22-26-20-19(21(30)27-22)24-13-28(20)18-9-8-15(32-18)12-31-34(25-10-11-29)33-17-7-3-5-14-4-1-2-6-16(14)17/h1-7,11,13,15,18,25H,8-10,12H2,(H3,23,26,27,30). The Hall–Kier alpha value is -3.37. The van der Waals surface area contributed by atoms with Gasteiger partial charge in [0.1, 0.15) is 18.3 Å². The Labute approximate surface area is 195 Å². The van der Waals surface area contributed by atoms with E-state index < -0.39 is 14.1 Å². The highest BCUT2D eigenvalue weighted by atomic mass is 31.2. The molecule has 2 aromatic carbocycles. The molecule has 3 atom stereocenters. The van der Waals surface area contributed by atoms with Crippen molar-refractivity contribution in [3.8, 4) is 5.75 Å². The largest absolute Gasteiger partial charge is 0.435 e. The number of ether oxygens (including phenoxy) is 1. The van der Waals surface area contributed by atoms with Crippen molar-refractivity contribution in [2.45, 2.75) is 25.2 Å². The van der Waals surface area contributed by atoms with Crippen LogP contribution in [0.5, 0.6) is 5.75 Å². The van der Waals surface area contributed by atoms with Crippen molar-refractivity contribution in [2.24, 2.45) is 0 Å². The number of aldehydes is 1. The number of nitrogens with one attached hydrogen (secondary N) is 2. The molecule has 0 aliphatic carbocycles. The predicted molar refractivity (Wildman–Crippen MR) is 127 cm³/mol. The maximum Gasteiger partial charge on any atom is 0.318 e. The Bertz CT molecular complexity index is 1370. The first-order valence-corrected chi connectivity index (χ1v) is 11.9. The van der Waals surface area contributed by atoms with Crippen molar-refractivity contribution in [2.75, 3.05) is 18.9 Å². The molecule has 4 aromatic rings. The van der Waals surface area contributed by atoms with Gasteiger partial charge in [0, 0.05) is 5.39 Å². The van der Waals surface area contributed by atoms with E-state index in [4.69, 9.17) is 19.5 Å². The van der Waals surface area contributed by atoms with Gasteiger partial charge in [-0.3, -0.25) is 14.3 Å². The molecule has 0 bridgehead atoms. The van der Waals surface area contributed by atoms with Gasteiger partial charge in [-0.1, -0.05) is 36.4 Å². The molecule has 0 saturated carbocycles. The van der Waals surface area contributed by atoms with E-state index in [0.29, 0.717) is 17.8 Å². The average Bonchev–Trinajstić information content (AvgIpc) is 3.48. The van der Waals surface area contributed by atoms with E-state index in [1.54, 1.807) is 4.57 Å². The van der Waals surface area contributed by atoms with Crippen molar-refractivity contribution in [3.05, 3.63) is 59.1 Å². The van der Waals surface area contributed by atoms with Crippen LogP contribution < -0.4 is 20.9 Å². The summed E-state index contributed by atoms with van der Waals surface area (Å²) in [5.41, 5.74) is 5.88. The van der Waals surface area contributed by atoms with Crippen LogP contribution in [0.3, 0.4) is 0 Å². The van der Waals surface area contributed by atoms with Gasteiger partial charge in [-0.05, 0) is 24.3 Å². The van der Waals surface area contributed by atoms with Gasteiger partial charge < -0.3 is 24.3 Å². The summed E-state index contributed by atoms with van der Waals surface area (Å²) in [6.45, 7) is 0.370. The number of fused-ring (bicyclic) bond motifs is 2. The second-order valence-electron chi connectivity index (χ2n) is 7.72. The van der Waals surface area contributed by atoms with Crippen LogP contribution in [0.1, 0.15) is 19.1 Å². The highest BCUT2D eigenvalue weighted by Gasteiger charge is 2.30. The number of nitrogen functional groups attached to an aromatic ring is 1. The lowest BCUT2D eigenvalue weighted by Gasteiger charge is -2.21. The van der Waals surface area contributed by atoms with Crippen molar-refractivity contribution in [3.63, 3.8) is 0 Å². The molecule has 3 unspecified atom stereocenters. The van der Waals surface area contributed by atoms with Gasteiger partial charge >= 0.3 is 8.53 Å². The van der Waals surface area contributed by atoms with Gasteiger partial charge in [-0.25, -0.2) is 10.1 Å². The molecule has 11 nitrogen and oxygen atoms in total. The van der Waals surface area contributed by atoms with Crippen LogP contribution >= 0.6 is 8.53 Å². The molecular formula is C22H23N6O5P. The molecule has 1 aliphatic rings. The number of anilines is 1. The molecule has 176 valence electrons. The van der Waals surface area contributed by atoms with Crippen LogP contribution in [0.15, 0.2) is 53.6 Å². The summed E-state index contributed by atoms with van der Waals surface area (Å²) >= 11 is 0. The molecule has 4 N–H and O–H groups in total. The monoisotopic (exact) mass is 482 g/mol. The van der Waals surface area contributed by atoms with Crippen LogP contribution in [0, 0.1) is 0 Å². The van der Waals surface area contributed by atoms with Gasteiger partial charge in [0.2, 0.25) is 5.95 Å². The van der Waals surface area contributed by atoms with Crippen LogP contribution in [-0.4, -0.2) is 45.1 Å². The quantitative estimate of drug-likeness (QED) is 0.242. The number of imidazole rings is 1. The summed E-state index contributed by atoms with van der Waals surface area (Å²) < 4.78 is 20.0.